The first kappa shape index (κ1) is 32.7. The van der Waals surface area contributed by atoms with Crippen LogP contribution in [0.4, 0.5) is 5.69 Å². The second-order valence-corrected chi connectivity index (χ2v) is 7.04. The summed E-state index contributed by atoms with van der Waals surface area (Å²) in [4.78, 5) is 0. The van der Waals surface area contributed by atoms with Gasteiger partial charge in [0.2, 0.25) is 0 Å². The van der Waals surface area contributed by atoms with Crippen molar-refractivity contribution in [3.8, 4) is 0 Å². The molecule has 138 valence electrons. The minimum atomic E-state index is 0. The van der Waals surface area contributed by atoms with E-state index in [9.17, 15) is 0 Å². The average molecular weight is 432 g/mol. The Balaban J connectivity index is -0.000000139. The molecule has 1 N–H and O–H groups in total. The molecule has 1 aromatic rings. The maximum Gasteiger partial charge on any atom is 4.00 e. The van der Waals surface area contributed by atoms with E-state index >= 15 is 0 Å². The van der Waals surface area contributed by atoms with E-state index in [1.165, 1.54) is 16.7 Å². The molecule has 0 bridgehead atoms. The molecule has 0 spiro atoms. The van der Waals surface area contributed by atoms with Crippen LogP contribution in [0.25, 0.3) is 5.73 Å². The summed E-state index contributed by atoms with van der Waals surface area (Å²) in [5, 5.41) is 0. The molecule has 1 nitrogen and oxygen atoms in total. The first-order chi connectivity index (χ1) is 10.3. The Labute approximate surface area is 185 Å². The molecule has 1 atom stereocenters. The summed E-state index contributed by atoms with van der Waals surface area (Å²) in [6.45, 7) is 17.2. The van der Waals surface area contributed by atoms with Crippen molar-refractivity contribution in [2.75, 3.05) is 0 Å². The molecule has 25 heavy (non-hydrogen) atoms. The summed E-state index contributed by atoms with van der Waals surface area (Å²) in [6.07, 6.45) is 3.36. The number of hydrogen-bond acceptors (Lipinski definition) is 0. The molecule has 1 aliphatic carbocycles. The van der Waals surface area contributed by atoms with Gasteiger partial charge in [0.05, 0.1) is 0 Å². The van der Waals surface area contributed by atoms with Gasteiger partial charge in [-0.15, -0.1) is 12.6 Å². The van der Waals surface area contributed by atoms with E-state index in [4.69, 9.17) is 5.73 Å². The molecule has 1 aliphatic rings. The first-order valence-corrected chi connectivity index (χ1v) is 9.93. The van der Waals surface area contributed by atoms with Gasteiger partial charge >= 0.3 is 21.7 Å². The van der Waals surface area contributed by atoms with Gasteiger partial charge in [0.1, 0.15) is 0 Å². The minimum Gasteiger partial charge on any atom is -1.00 e. The van der Waals surface area contributed by atoms with E-state index in [1.54, 1.807) is 0 Å². The van der Waals surface area contributed by atoms with Gasteiger partial charge in [-0.1, -0.05) is 83.5 Å². The second-order valence-electron chi connectivity index (χ2n) is 6.04. The van der Waals surface area contributed by atoms with Gasteiger partial charge in [0, 0.05) is 9.52 Å². The maximum absolute atomic E-state index is 7.50. The molecule has 0 amide bonds. The molecular weight excluding hydrogens is 401 g/mol. The fraction of sp³-hybridized carbons (Fsp3) is 0.500. The molecule has 2 rings (SSSR count). The van der Waals surface area contributed by atoms with Crippen molar-refractivity contribution >= 4 is 15.2 Å². The van der Waals surface area contributed by atoms with Crippen molar-refractivity contribution in [1.29, 1.82) is 0 Å². The van der Waals surface area contributed by atoms with Crippen LogP contribution in [-0.4, -0.2) is 9.52 Å². The van der Waals surface area contributed by atoms with E-state index in [-0.39, 0.29) is 46.5 Å². The predicted octanol–water partition coefficient (Wildman–Crippen LogP) is 1.01. The third-order valence-electron chi connectivity index (χ3n) is 3.82. The summed E-state index contributed by atoms with van der Waals surface area (Å²) in [5.41, 5.74) is 13.5. The van der Waals surface area contributed by atoms with Crippen LogP contribution in [0.2, 0.25) is 13.1 Å². The van der Waals surface area contributed by atoms with Crippen LogP contribution in [0.5, 0.6) is 0 Å². The van der Waals surface area contributed by atoms with Crippen molar-refractivity contribution in [3.05, 3.63) is 58.4 Å². The smallest absolute Gasteiger partial charge is 1.00 e. The summed E-state index contributed by atoms with van der Waals surface area (Å²) < 4.78 is 0. The molecular formula is C20H31Cl2NSiTi. The Kier molecular flexibility index (Phi) is 22.8. The number of nitrogens with one attached hydrogen (secondary N) is 1. The second kappa shape index (κ2) is 17.4. The van der Waals surface area contributed by atoms with E-state index < -0.39 is 0 Å². The standard InChI is InChI=1S/C9H12N.C9H13.C2H6Si.2ClH.Ti/c1-7(2)8-5-3-4-6-9(8)10;1-6-5-7(2)9(4)8(6)3;1-3-2;;;/h3-7,10H,1-2H3;6H,1-4H3;1-2H3;2*1H;/q2*-1;;;;+4/p-2. The molecule has 5 heteroatoms. The number of benzene rings is 1. The van der Waals surface area contributed by atoms with Crippen LogP contribution >= 0.6 is 0 Å². The summed E-state index contributed by atoms with van der Waals surface area (Å²) >= 11 is 0. The molecule has 0 saturated carbocycles. The fourth-order valence-corrected chi connectivity index (χ4v) is 2.16. The third kappa shape index (κ3) is 12.1. The molecule has 0 fully saturated rings. The molecule has 1 aromatic carbocycles. The van der Waals surface area contributed by atoms with Gasteiger partial charge in [-0.3, -0.25) is 6.08 Å². The SMILES string of the molecule is CC(C)c1ccccc1[NH-].CC1=[C-]C(C)C(C)=C1C.C[Si]C.[Cl-].[Cl-].[Ti+4]. The average Bonchev–Trinajstić information content (AvgIpc) is 2.67. The molecule has 2 radical (unpaired) electrons. The third-order valence-corrected chi connectivity index (χ3v) is 3.82. The van der Waals surface area contributed by atoms with Crippen LogP contribution < -0.4 is 24.8 Å². The summed E-state index contributed by atoms with van der Waals surface area (Å²) in [6, 6.07) is 7.71. The number of halogens is 2. The van der Waals surface area contributed by atoms with Gasteiger partial charge in [-0.05, 0) is 5.92 Å². The van der Waals surface area contributed by atoms with Crippen molar-refractivity contribution in [3.63, 3.8) is 0 Å². The number of allylic oxidation sites excluding steroid dienone is 4. The minimum absolute atomic E-state index is 0. The van der Waals surface area contributed by atoms with Gasteiger partial charge in [0.15, 0.2) is 0 Å². The van der Waals surface area contributed by atoms with E-state index in [1.807, 2.05) is 24.3 Å². The number of hydrogen-bond donors (Lipinski definition) is 0. The molecule has 0 saturated heterocycles. The summed E-state index contributed by atoms with van der Waals surface area (Å²) in [7, 11) is 1.08. The van der Waals surface area contributed by atoms with Crippen LogP contribution in [0, 0.1) is 12.0 Å². The Hall–Kier alpha value is 0.0112. The van der Waals surface area contributed by atoms with Gasteiger partial charge in [-0.25, -0.2) is 5.57 Å². The van der Waals surface area contributed by atoms with E-state index in [0.717, 1.165) is 15.1 Å². The predicted molar refractivity (Wildman–Crippen MR) is 102 cm³/mol. The van der Waals surface area contributed by atoms with Crippen molar-refractivity contribution in [2.45, 2.75) is 60.6 Å². The zero-order valence-electron chi connectivity index (χ0n) is 16.7. The number of rotatable bonds is 1. The maximum atomic E-state index is 7.50. The fourth-order valence-electron chi connectivity index (χ4n) is 2.16. The molecule has 0 heterocycles. The summed E-state index contributed by atoms with van der Waals surface area (Å²) in [5.74, 6) is 1.03. The Morgan fingerprint density at radius 1 is 1.04 bits per heavy atom. The Morgan fingerprint density at radius 2 is 1.48 bits per heavy atom. The quantitative estimate of drug-likeness (QED) is 0.468. The van der Waals surface area contributed by atoms with Crippen LogP contribution in [-0.2, 0) is 21.7 Å². The van der Waals surface area contributed by atoms with Gasteiger partial charge in [-0.2, -0.15) is 11.1 Å². The Morgan fingerprint density at radius 3 is 1.68 bits per heavy atom. The van der Waals surface area contributed by atoms with Gasteiger partial charge in [0.25, 0.3) is 0 Å². The van der Waals surface area contributed by atoms with Crippen LogP contribution in [0.1, 0.15) is 53.0 Å². The van der Waals surface area contributed by atoms with E-state index in [2.05, 4.69) is 60.7 Å². The Bertz CT molecular complexity index is 528. The zero-order valence-corrected chi connectivity index (χ0v) is 20.8. The monoisotopic (exact) mass is 431 g/mol. The van der Waals surface area contributed by atoms with Crippen LogP contribution in [0.3, 0.4) is 0 Å². The normalized spacial score (nSPS) is 14.6. The van der Waals surface area contributed by atoms with E-state index in [0.29, 0.717) is 17.5 Å². The van der Waals surface area contributed by atoms with Gasteiger partial charge < -0.3 is 30.5 Å². The first-order valence-electron chi connectivity index (χ1n) is 7.93. The van der Waals surface area contributed by atoms with Crippen LogP contribution in [0.15, 0.2) is 41.0 Å². The van der Waals surface area contributed by atoms with Crippen molar-refractivity contribution in [2.24, 2.45) is 5.92 Å². The topological polar surface area (TPSA) is 23.8 Å². The molecule has 0 aromatic heterocycles. The van der Waals surface area contributed by atoms with Crippen molar-refractivity contribution < 1.29 is 46.5 Å². The molecule has 0 aliphatic heterocycles. The zero-order chi connectivity index (χ0) is 17.3. The molecule has 1 unspecified atom stereocenters. The largest absolute Gasteiger partial charge is 4.00 e. The van der Waals surface area contributed by atoms with Crippen molar-refractivity contribution in [1.82, 2.24) is 0 Å².